The predicted molar refractivity (Wildman–Crippen MR) is 84.3 cm³/mol. The van der Waals surface area contributed by atoms with Crippen LogP contribution in [0.25, 0.3) is 0 Å². The quantitative estimate of drug-likeness (QED) is 0.792. The van der Waals surface area contributed by atoms with E-state index in [1.807, 2.05) is 0 Å². The Balaban J connectivity index is 1.48. The fourth-order valence-electron chi connectivity index (χ4n) is 2.68. The lowest BCUT2D eigenvalue weighted by atomic mass is 10.2. The van der Waals surface area contributed by atoms with Crippen molar-refractivity contribution in [3.05, 3.63) is 48.3 Å². The first-order valence-corrected chi connectivity index (χ1v) is 7.95. The Hall–Kier alpha value is -3.03. The average Bonchev–Trinajstić information content (AvgIpc) is 3.38. The van der Waals surface area contributed by atoms with Gasteiger partial charge in [0.05, 0.1) is 19.1 Å². The van der Waals surface area contributed by atoms with E-state index in [1.54, 1.807) is 24.3 Å². The van der Waals surface area contributed by atoms with Gasteiger partial charge < -0.3 is 23.8 Å². The third-order valence-electron chi connectivity index (χ3n) is 3.90. The lowest BCUT2D eigenvalue weighted by molar-refractivity contribution is -0.152. The zero-order valence-corrected chi connectivity index (χ0v) is 13.5. The van der Waals surface area contributed by atoms with Gasteiger partial charge in [0.25, 0.3) is 11.8 Å². The highest BCUT2D eigenvalue weighted by atomic mass is 16.5. The number of nitrogens with zero attached hydrogens (tertiary/aromatic N) is 1. The first kappa shape index (κ1) is 16.8. The van der Waals surface area contributed by atoms with Crippen LogP contribution in [0.1, 0.15) is 29.2 Å². The van der Waals surface area contributed by atoms with Crippen molar-refractivity contribution >= 4 is 17.8 Å². The van der Waals surface area contributed by atoms with Crippen LogP contribution in [0.4, 0.5) is 0 Å². The number of rotatable bonds is 6. The van der Waals surface area contributed by atoms with E-state index in [4.69, 9.17) is 13.6 Å². The molecule has 2 aromatic rings. The lowest BCUT2D eigenvalue weighted by Crippen LogP contribution is -2.42. The molecule has 0 aromatic carbocycles. The second kappa shape index (κ2) is 7.69. The van der Waals surface area contributed by atoms with E-state index in [1.165, 1.54) is 17.4 Å². The largest absolute Gasteiger partial charge is 0.467 e. The lowest BCUT2D eigenvalue weighted by Gasteiger charge is -2.22. The molecule has 1 aliphatic rings. The van der Waals surface area contributed by atoms with Crippen molar-refractivity contribution in [1.82, 2.24) is 10.2 Å². The molecule has 1 aliphatic heterocycles. The monoisotopic (exact) mass is 346 g/mol. The van der Waals surface area contributed by atoms with Gasteiger partial charge in [-0.1, -0.05) is 0 Å². The van der Waals surface area contributed by atoms with Gasteiger partial charge in [-0.2, -0.15) is 0 Å². The van der Waals surface area contributed by atoms with Gasteiger partial charge in [-0.25, -0.2) is 4.79 Å². The van der Waals surface area contributed by atoms with Gasteiger partial charge in [0, 0.05) is 6.54 Å². The average molecular weight is 346 g/mol. The SMILES string of the molecule is O=C(COC(=O)C1CCCN1C(=O)c1ccco1)NCc1ccco1. The zero-order valence-electron chi connectivity index (χ0n) is 13.5. The van der Waals surface area contributed by atoms with Crippen LogP contribution in [0.3, 0.4) is 0 Å². The minimum atomic E-state index is -0.699. The molecule has 0 spiro atoms. The summed E-state index contributed by atoms with van der Waals surface area (Å²) in [6.07, 6.45) is 4.10. The Labute approximate surface area is 143 Å². The van der Waals surface area contributed by atoms with E-state index >= 15 is 0 Å². The third-order valence-corrected chi connectivity index (χ3v) is 3.90. The number of hydrogen-bond acceptors (Lipinski definition) is 6. The molecule has 1 atom stereocenters. The Bertz CT molecular complexity index is 722. The normalized spacial score (nSPS) is 16.6. The molecule has 0 aliphatic carbocycles. The Kier molecular flexibility index (Phi) is 5.17. The van der Waals surface area contributed by atoms with Crippen LogP contribution in [0.15, 0.2) is 45.6 Å². The minimum Gasteiger partial charge on any atom is -0.467 e. The van der Waals surface area contributed by atoms with Gasteiger partial charge in [-0.3, -0.25) is 9.59 Å². The molecule has 2 amide bonds. The molecule has 0 saturated carbocycles. The first-order chi connectivity index (χ1) is 12.1. The molecule has 0 radical (unpaired) electrons. The molecule has 1 N–H and O–H groups in total. The van der Waals surface area contributed by atoms with E-state index in [2.05, 4.69) is 5.32 Å². The summed E-state index contributed by atoms with van der Waals surface area (Å²) in [5, 5.41) is 2.58. The molecule has 8 nitrogen and oxygen atoms in total. The number of carbonyl (C=O) groups excluding carboxylic acids is 3. The summed E-state index contributed by atoms with van der Waals surface area (Å²) in [6.45, 7) is 0.263. The summed E-state index contributed by atoms with van der Waals surface area (Å²) >= 11 is 0. The summed E-state index contributed by atoms with van der Waals surface area (Å²) in [4.78, 5) is 37.7. The van der Waals surface area contributed by atoms with Crippen LogP contribution < -0.4 is 5.32 Å². The number of nitrogens with one attached hydrogen (secondary N) is 1. The van der Waals surface area contributed by atoms with Crippen LogP contribution >= 0.6 is 0 Å². The Morgan fingerprint density at radius 2 is 2.00 bits per heavy atom. The molecule has 2 aromatic heterocycles. The smallest absolute Gasteiger partial charge is 0.329 e. The maximum absolute atomic E-state index is 12.3. The summed E-state index contributed by atoms with van der Waals surface area (Å²) in [6, 6.07) is 5.90. The second-order valence-corrected chi connectivity index (χ2v) is 5.60. The fourth-order valence-corrected chi connectivity index (χ4v) is 2.68. The maximum Gasteiger partial charge on any atom is 0.329 e. The number of ether oxygens (including phenoxy) is 1. The van der Waals surface area contributed by atoms with E-state index in [0.717, 1.165) is 0 Å². The van der Waals surface area contributed by atoms with E-state index < -0.39 is 24.5 Å². The van der Waals surface area contributed by atoms with E-state index in [-0.39, 0.29) is 18.2 Å². The number of furan rings is 2. The zero-order chi connectivity index (χ0) is 17.6. The molecule has 132 valence electrons. The van der Waals surface area contributed by atoms with Gasteiger partial charge in [-0.05, 0) is 37.1 Å². The van der Waals surface area contributed by atoms with E-state index in [0.29, 0.717) is 25.1 Å². The van der Waals surface area contributed by atoms with Crippen LogP contribution in [0.5, 0.6) is 0 Å². The molecular formula is C17H18N2O6. The first-order valence-electron chi connectivity index (χ1n) is 7.95. The minimum absolute atomic E-state index is 0.177. The predicted octanol–water partition coefficient (Wildman–Crippen LogP) is 1.34. The van der Waals surface area contributed by atoms with Gasteiger partial charge in [0.1, 0.15) is 11.8 Å². The Morgan fingerprint density at radius 3 is 2.72 bits per heavy atom. The highest BCUT2D eigenvalue weighted by Crippen LogP contribution is 2.21. The number of amides is 2. The van der Waals surface area contributed by atoms with Crippen LogP contribution in [0.2, 0.25) is 0 Å². The highest BCUT2D eigenvalue weighted by molar-refractivity contribution is 5.95. The van der Waals surface area contributed by atoms with E-state index in [9.17, 15) is 14.4 Å². The summed E-state index contributed by atoms with van der Waals surface area (Å²) in [5.74, 6) is -0.606. The fraction of sp³-hybridized carbons (Fsp3) is 0.353. The van der Waals surface area contributed by atoms with Crippen molar-refractivity contribution in [3.8, 4) is 0 Å². The maximum atomic E-state index is 12.3. The molecule has 3 rings (SSSR count). The molecule has 1 fully saturated rings. The molecule has 3 heterocycles. The topological polar surface area (TPSA) is 102 Å². The van der Waals surface area contributed by atoms with Crippen LogP contribution in [-0.4, -0.2) is 41.9 Å². The Morgan fingerprint density at radius 1 is 1.20 bits per heavy atom. The van der Waals surface area contributed by atoms with Crippen LogP contribution in [-0.2, 0) is 20.9 Å². The number of hydrogen-bond donors (Lipinski definition) is 1. The highest BCUT2D eigenvalue weighted by Gasteiger charge is 2.36. The molecular weight excluding hydrogens is 328 g/mol. The van der Waals surface area contributed by atoms with Gasteiger partial charge in [0.2, 0.25) is 0 Å². The molecule has 0 bridgehead atoms. The van der Waals surface area contributed by atoms with Crippen LogP contribution in [0, 0.1) is 0 Å². The molecule has 8 heteroatoms. The van der Waals surface area contributed by atoms with Gasteiger partial charge in [-0.15, -0.1) is 0 Å². The van der Waals surface area contributed by atoms with Gasteiger partial charge >= 0.3 is 5.97 Å². The summed E-state index contributed by atoms with van der Waals surface area (Å²) < 4.78 is 15.2. The number of likely N-dealkylation sites (tertiary alicyclic amines) is 1. The van der Waals surface area contributed by atoms with Crippen molar-refractivity contribution in [2.75, 3.05) is 13.2 Å². The van der Waals surface area contributed by atoms with Gasteiger partial charge in [0.15, 0.2) is 12.4 Å². The third kappa shape index (κ3) is 4.09. The number of esters is 1. The molecule has 1 unspecified atom stereocenters. The van der Waals surface area contributed by atoms with Crippen molar-refractivity contribution in [2.45, 2.75) is 25.4 Å². The molecule has 25 heavy (non-hydrogen) atoms. The molecule has 1 saturated heterocycles. The van der Waals surface area contributed by atoms with Crippen molar-refractivity contribution < 1.29 is 28.0 Å². The van der Waals surface area contributed by atoms with Crippen molar-refractivity contribution in [2.24, 2.45) is 0 Å². The summed E-state index contributed by atoms with van der Waals surface area (Å²) in [5.41, 5.74) is 0. The second-order valence-electron chi connectivity index (χ2n) is 5.60. The summed E-state index contributed by atoms with van der Waals surface area (Å²) in [7, 11) is 0. The van der Waals surface area contributed by atoms with Crippen molar-refractivity contribution in [3.63, 3.8) is 0 Å². The van der Waals surface area contributed by atoms with Crippen molar-refractivity contribution in [1.29, 1.82) is 0 Å². The number of carbonyl (C=O) groups is 3. The standard InChI is InChI=1S/C17H18N2O6/c20-15(18-10-12-4-2-8-23-12)11-25-17(22)13-5-1-7-19(13)16(21)14-6-3-9-24-14/h2-4,6,8-9,13H,1,5,7,10-11H2,(H,18,20).